The molecule has 0 unspecified atom stereocenters. The predicted molar refractivity (Wildman–Crippen MR) is 105 cm³/mol. The van der Waals surface area contributed by atoms with E-state index in [1.54, 1.807) is 0 Å². The van der Waals surface area contributed by atoms with Gasteiger partial charge in [0.2, 0.25) is 0 Å². The Morgan fingerprint density at radius 3 is 2.00 bits per heavy atom. The Hall–Kier alpha value is -0.640. The number of hydrogen-bond acceptors (Lipinski definition) is 3. The van der Waals surface area contributed by atoms with E-state index < -0.39 is 11.7 Å². The molecule has 0 aliphatic carbocycles. The number of halogens is 3. The molecule has 0 aliphatic heterocycles. The number of phenolic OH excluding ortho intramolecular Hbond substituents is 1. The highest BCUT2D eigenvalue weighted by atomic mass is 35.5. The first-order chi connectivity index (χ1) is 12.0. The quantitative estimate of drug-likeness (QED) is 0.222. The monoisotopic (exact) mass is 408 g/mol. The largest absolute Gasteiger partial charge is 0.505 e. The molecule has 1 aromatic carbocycles. The lowest BCUT2D eigenvalue weighted by molar-refractivity contribution is 0.0494. The number of rotatable bonds is 12. The molecule has 0 aliphatic rings. The molecule has 0 atom stereocenters. The zero-order chi connectivity index (χ0) is 18.7. The van der Waals surface area contributed by atoms with E-state index in [1.165, 1.54) is 51.0 Å². The van der Waals surface area contributed by atoms with Crippen LogP contribution in [0.5, 0.6) is 5.75 Å². The van der Waals surface area contributed by atoms with Crippen molar-refractivity contribution in [3.8, 4) is 5.75 Å². The standard InChI is InChI=1S/C19H27Cl3O3/c1-2-3-4-5-6-7-8-9-10-11-12-25-19(24)16-17(22)14(20)13-15(21)18(16)23/h13,23H,2-12H2,1H3. The van der Waals surface area contributed by atoms with Crippen LogP contribution in [0.25, 0.3) is 0 Å². The Bertz CT molecular complexity index is 521. The average Bonchev–Trinajstić information content (AvgIpc) is 2.58. The lowest BCUT2D eigenvalue weighted by atomic mass is 10.1. The van der Waals surface area contributed by atoms with Crippen LogP contribution in [-0.4, -0.2) is 17.7 Å². The number of ether oxygens (including phenoxy) is 1. The summed E-state index contributed by atoms with van der Waals surface area (Å²) in [6.45, 7) is 2.51. The summed E-state index contributed by atoms with van der Waals surface area (Å²) in [5.41, 5.74) is -0.175. The van der Waals surface area contributed by atoms with Gasteiger partial charge in [0.25, 0.3) is 0 Å². The highest BCUT2D eigenvalue weighted by Crippen LogP contribution is 2.38. The second-order valence-corrected chi connectivity index (χ2v) is 7.39. The van der Waals surface area contributed by atoms with Gasteiger partial charge in [0.1, 0.15) is 11.3 Å². The molecule has 0 bridgehead atoms. The molecular weight excluding hydrogens is 383 g/mol. The molecular formula is C19H27Cl3O3. The average molecular weight is 410 g/mol. The van der Waals surface area contributed by atoms with Gasteiger partial charge in [-0.15, -0.1) is 0 Å². The second kappa shape index (κ2) is 12.7. The zero-order valence-corrected chi connectivity index (χ0v) is 17.0. The van der Waals surface area contributed by atoms with Crippen molar-refractivity contribution in [1.29, 1.82) is 0 Å². The van der Waals surface area contributed by atoms with Crippen molar-refractivity contribution in [2.45, 2.75) is 71.1 Å². The van der Waals surface area contributed by atoms with Crippen molar-refractivity contribution in [3.63, 3.8) is 0 Å². The molecule has 0 heterocycles. The molecule has 0 radical (unpaired) electrons. The highest BCUT2D eigenvalue weighted by molar-refractivity contribution is 6.45. The van der Waals surface area contributed by atoms with Gasteiger partial charge in [-0.25, -0.2) is 4.79 Å². The minimum atomic E-state index is -0.706. The minimum absolute atomic E-state index is 0.0275. The van der Waals surface area contributed by atoms with Crippen LogP contribution in [0.1, 0.15) is 81.5 Å². The Balaban J connectivity index is 2.20. The molecule has 0 fully saturated rings. The molecule has 25 heavy (non-hydrogen) atoms. The lowest BCUT2D eigenvalue weighted by Gasteiger charge is -2.10. The fraction of sp³-hybridized carbons (Fsp3) is 0.632. The topological polar surface area (TPSA) is 46.5 Å². The number of carbonyl (C=O) groups is 1. The van der Waals surface area contributed by atoms with Gasteiger partial charge in [0.15, 0.2) is 0 Å². The van der Waals surface area contributed by atoms with Gasteiger partial charge in [-0.1, -0.05) is 99.5 Å². The number of hydrogen-bond donors (Lipinski definition) is 1. The third kappa shape index (κ3) is 8.06. The number of aromatic hydroxyl groups is 1. The fourth-order valence-electron chi connectivity index (χ4n) is 2.60. The van der Waals surface area contributed by atoms with E-state index in [-0.39, 0.29) is 27.2 Å². The molecule has 0 saturated heterocycles. The van der Waals surface area contributed by atoms with Crippen molar-refractivity contribution in [2.75, 3.05) is 6.61 Å². The summed E-state index contributed by atoms with van der Waals surface area (Å²) in [6.07, 6.45) is 12.0. The van der Waals surface area contributed by atoms with Crippen molar-refractivity contribution >= 4 is 40.8 Å². The molecule has 3 nitrogen and oxygen atoms in total. The summed E-state index contributed by atoms with van der Waals surface area (Å²) in [5.74, 6) is -1.10. The van der Waals surface area contributed by atoms with Crippen LogP contribution in [0.4, 0.5) is 0 Å². The molecule has 1 rings (SSSR count). The predicted octanol–water partition coefficient (Wildman–Crippen LogP) is 7.43. The van der Waals surface area contributed by atoms with Crippen molar-refractivity contribution in [3.05, 3.63) is 26.7 Å². The SMILES string of the molecule is CCCCCCCCCCCCOC(=O)c1c(O)c(Cl)cc(Cl)c1Cl. The maximum Gasteiger partial charge on any atom is 0.343 e. The maximum atomic E-state index is 12.1. The highest BCUT2D eigenvalue weighted by Gasteiger charge is 2.22. The zero-order valence-electron chi connectivity index (χ0n) is 14.8. The summed E-state index contributed by atoms with van der Waals surface area (Å²) in [4.78, 5) is 12.1. The normalized spacial score (nSPS) is 10.9. The first kappa shape index (κ1) is 22.4. The molecule has 0 spiro atoms. The van der Waals surface area contributed by atoms with Gasteiger partial charge < -0.3 is 9.84 Å². The summed E-state index contributed by atoms with van der Waals surface area (Å²) in [5, 5.41) is 9.91. The van der Waals surface area contributed by atoms with E-state index in [9.17, 15) is 9.90 Å². The lowest BCUT2D eigenvalue weighted by Crippen LogP contribution is -2.08. The van der Waals surface area contributed by atoms with Gasteiger partial charge in [-0.2, -0.15) is 0 Å². The van der Waals surface area contributed by atoms with Crippen LogP contribution in [0.15, 0.2) is 6.07 Å². The minimum Gasteiger partial charge on any atom is -0.505 e. The first-order valence-corrected chi connectivity index (χ1v) is 10.2. The van der Waals surface area contributed by atoms with Crippen LogP contribution in [-0.2, 0) is 4.74 Å². The Kier molecular flexibility index (Phi) is 11.4. The van der Waals surface area contributed by atoms with Crippen LogP contribution >= 0.6 is 34.8 Å². The van der Waals surface area contributed by atoms with Gasteiger partial charge in [0.05, 0.1) is 21.7 Å². The Morgan fingerprint density at radius 2 is 1.44 bits per heavy atom. The summed E-state index contributed by atoms with van der Waals surface area (Å²) in [7, 11) is 0. The molecule has 142 valence electrons. The van der Waals surface area contributed by atoms with E-state index in [0.717, 1.165) is 19.3 Å². The van der Waals surface area contributed by atoms with Crippen molar-refractivity contribution < 1.29 is 14.6 Å². The van der Waals surface area contributed by atoms with Crippen molar-refractivity contribution in [1.82, 2.24) is 0 Å². The van der Waals surface area contributed by atoms with E-state index in [0.29, 0.717) is 0 Å². The molecule has 1 aromatic rings. The van der Waals surface area contributed by atoms with Crippen LogP contribution < -0.4 is 0 Å². The number of carbonyl (C=O) groups excluding carboxylic acids is 1. The maximum absolute atomic E-state index is 12.1. The molecule has 6 heteroatoms. The van der Waals surface area contributed by atoms with Gasteiger partial charge >= 0.3 is 5.97 Å². The summed E-state index contributed by atoms with van der Waals surface area (Å²) < 4.78 is 5.17. The van der Waals surface area contributed by atoms with E-state index >= 15 is 0 Å². The van der Waals surface area contributed by atoms with Gasteiger partial charge in [-0.3, -0.25) is 0 Å². The Morgan fingerprint density at radius 1 is 0.920 bits per heavy atom. The number of benzene rings is 1. The van der Waals surface area contributed by atoms with E-state index in [4.69, 9.17) is 39.5 Å². The number of esters is 1. The summed E-state index contributed by atoms with van der Waals surface area (Å²) in [6, 6.07) is 1.29. The third-order valence-electron chi connectivity index (χ3n) is 4.08. The van der Waals surface area contributed by atoms with Crippen molar-refractivity contribution in [2.24, 2.45) is 0 Å². The molecule has 0 saturated carbocycles. The number of unbranched alkanes of at least 4 members (excludes halogenated alkanes) is 9. The summed E-state index contributed by atoms with van der Waals surface area (Å²) >= 11 is 17.6. The number of phenols is 1. The van der Waals surface area contributed by atoms with Gasteiger partial charge in [0, 0.05) is 0 Å². The fourth-order valence-corrected chi connectivity index (χ4v) is 3.28. The third-order valence-corrected chi connectivity index (χ3v) is 5.16. The van der Waals surface area contributed by atoms with E-state index in [1.807, 2.05) is 0 Å². The molecule has 0 aromatic heterocycles. The van der Waals surface area contributed by atoms with Gasteiger partial charge in [-0.05, 0) is 12.5 Å². The Labute approximate surface area is 165 Å². The molecule has 1 N–H and O–H groups in total. The second-order valence-electron chi connectivity index (χ2n) is 6.20. The molecule has 0 amide bonds. The first-order valence-electron chi connectivity index (χ1n) is 9.02. The van der Waals surface area contributed by atoms with Crippen LogP contribution in [0.2, 0.25) is 15.1 Å². The van der Waals surface area contributed by atoms with Crippen LogP contribution in [0.3, 0.4) is 0 Å². The van der Waals surface area contributed by atoms with Crippen LogP contribution in [0, 0.1) is 0 Å². The smallest absolute Gasteiger partial charge is 0.343 e. The van der Waals surface area contributed by atoms with E-state index in [2.05, 4.69) is 6.92 Å².